The topological polar surface area (TPSA) is 126 Å². The van der Waals surface area contributed by atoms with Crippen molar-refractivity contribution >= 4 is 23.8 Å². The van der Waals surface area contributed by atoms with Crippen molar-refractivity contribution in [2.75, 3.05) is 39.9 Å². The number of hydrogen-bond acceptors (Lipinski definition) is 7. The molecule has 0 aliphatic carbocycles. The Labute approximate surface area is 295 Å². The smallest absolute Gasteiger partial charge is 0.410 e. The number of ether oxygens (including phenoxy) is 2. The van der Waals surface area contributed by atoms with Crippen LogP contribution < -0.4 is 5.32 Å². The zero-order valence-electron chi connectivity index (χ0n) is 30.9. The van der Waals surface area contributed by atoms with E-state index in [4.69, 9.17) is 9.47 Å². The number of benzene rings is 1. The molecule has 3 heterocycles. The van der Waals surface area contributed by atoms with E-state index in [0.29, 0.717) is 44.8 Å². The second-order valence-corrected chi connectivity index (χ2v) is 15.6. The molecule has 0 radical (unpaired) electrons. The molecule has 1 N–H and O–H groups in total. The van der Waals surface area contributed by atoms with Gasteiger partial charge in [0.2, 0.25) is 11.8 Å². The van der Waals surface area contributed by atoms with Crippen LogP contribution in [0, 0.1) is 11.2 Å². The Bertz CT molecular complexity index is 1480. The first kappa shape index (κ1) is 38.8. The lowest BCUT2D eigenvalue weighted by Gasteiger charge is -2.38. The molecular weight excluding hydrogens is 643 g/mol. The molecule has 3 atom stereocenters. The van der Waals surface area contributed by atoms with Crippen LogP contribution in [0.25, 0.3) is 0 Å². The van der Waals surface area contributed by atoms with Gasteiger partial charge in [-0.2, -0.15) is 0 Å². The van der Waals surface area contributed by atoms with Crippen LogP contribution in [0.5, 0.6) is 0 Å². The lowest BCUT2D eigenvalue weighted by atomic mass is 9.85. The normalized spacial score (nSPS) is 18.3. The molecule has 0 spiro atoms. The molecule has 50 heavy (non-hydrogen) atoms. The molecule has 2 aromatic rings. The number of amides is 4. The molecular formula is C37H55FN6O6. The molecule has 0 unspecified atom stereocenters. The first-order chi connectivity index (χ1) is 23.4. The summed E-state index contributed by atoms with van der Waals surface area (Å²) in [7, 11) is 1.49. The standard InChI is InChI=1S/C37H55FN6O6/c1-25(41(8)35(48)50-37(5,6)7)32(45)40-31(36(2,3)4)34(47)44-18-9-10-29(44)22-42(19-15-26-11-13-27(38)14-12-26)33(46)30-23-43(24-39-30)28-16-20-49-21-17-28/h11-14,23-25,28-29,31H,9-10,15-22H2,1-8H3,(H,40,45)/t25-,29-,31+/m0/s1. The predicted octanol–water partition coefficient (Wildman–Crippen LogP) is 4.84. The number of nitrogens with zero attached hydrogens (tertiary/aromatic N) is 5. The number of carbonyl (C=O) groups excluding carboxylic acids is 4. The number of carbonyl (C=O) groups is 4. The zero-order valence-corrected chi connectivity index (χ0v) is 30.9. The van der Waals surface area contributed by atoms with Crippen molar-refractivity contribution in [3.63, 3.8) is 0 Å². The molecule has 4 amide bonds. The van der Waals surface area contributed by atoms with Gasteiger partial charge in [0.15, 0.2) is 0 Å². The van der Waals surface area contributed by atoms with Gasteiger partial charge in [0, 0.05) is 58.2 Å². The van der Waals surface area contributed by atoms with Crippen molar-refractivity contribution in [3.05, 3.63) is 53.9 Å². The summed E-state index contributed by atoms with van der Waals surface area (Å²) in [5.41, 5.74) is -0.166. The highest BCUT2D eigenvalue weighted by atomic mass is 19.1. The minimum absolute atomic E-state index is 0.213. The van der Waals surface area contributed by atoms with Gasteiger partial charge in [-0.05, 0) is 82.9 Å². The summed E-state index contributed by atoms with van der Waals surface area (Å²) in [6.07, 6.45) is 6.48. The average molecular weight is 699 g/mol. The van der Waals surface area contributed by atoms with Crippen LogP contribution in [-0.4, -0.2) is 112 Å². The van der Waals surface area contributed by atoms with E-state index in [1.165, 1.54) is 24.1 Å². The molecule has 2 saturated heterocycles. The van der Waals surface area contributed by atoms with Crippen LogP contribution in [0.3, 0.4) is 0 Å². The fourth-order valence-corrected chi connectivity index (χ4v) is 6.30. The predicted molar refractivity (Wildman–Crippen MR) is 187 cm³/mol. The van der Waals surface area contributed by atoms with E-state index >= 15 is 0 Å². The van der Waals surface area contributed by atoms with Crippen molar-refractivity contribution in [1.82, 2.24) is 29.6 Å². The third-order valence-electron chi connectivity index (χ3n) is 9.44. The molecule has 1 aromatic heterocycles. The van der Waals surface area contributed by atoms with E-state index in [-0.39, 0.29) is 36.3 Å². The number of likely N-dealkylation sites (tertiary alicyclic amines) is 1. The number of likely N-dealkylation sites (N-methyl/N-ethyl adjacent to an activating group) is 1. The van der Waals surface area contributed by atoms with Crippen LogP contribution >= 0.6 is 0 Å². The summed E-state index contributed by atoms with van der Waals surface area (Å²) >= 11 is 0. The Morgan fingerprint density at radius 1 is 1.06 bits per heavy atom. The van der Waals surface area contributed by atoms with E-state index in [2.05, 4.69) is 10.3 Å². The maximum atomic E-state index is 14.3. The van der Waals surface area contributed by atoms with E-state index in [1.807, 2.05) is 25.3 Å². The van der Waals surface area contributed by atoms with Crippen molar-refractivity contribution in [1.29, 1.82) is 0 Å². The quantitative estimate of drug-likeness (QED) is 0.356. The summed E-state index contributed by atoms with van der Waals surface area (Å²) in [5.74, 6) is -1.28. The maximum Gasteiger partial charge on any atom is 0.410 e. The highest BCUT2D eigenvalue weighted by Gasteiger charge is 2.41. The largest absolute Gasteiger partial charge is 0.444 e. The summed E-state index contributed by atoms with van der Waals surface area (Å²) < 4.78 is 26.5. The molecule has 276 valence electrons. The Morgan fingerprint density at radius 3 is 2.34 bits per heavy atom. The Morgan fingerprint density at radius 2 is 1.72 bits per heavy atom. The van der Waals surface area contributed by atoms with Gasteiger partial charge in [-0.1, -0.05) is 32.9 Å². The zero-order chi connectivity index (χ0) is 36.8. The second-order valence-electron chi connectivity index (χ2n) is 15.6. The van der Waals surface area contributed by atoms with Crippen molar-refractivity contribution < 1.29 is 33.0 Å². The highest BCUT2D eigenvalue weighted by molar-refractivity contribution is 5.93. The van der Waals surface area contributed by atoms with Gasteiger partial charge in [-0.3, -0.25) is 19.3 Å². The minimum atomic E-state index is -0.891. The van der Waals surface area contributed by atoms with Crippen LogP contribution in [0.4, 0.5) is 9.18 Å². The number of hydrogen-bond donors (Lipinski definition) is 1. The molecule has 0 bridgehead atoms. The molecule has 12 nitrogen and oxygen atoms in total. The Kier molecular flexibility index (Phi) is 12.7. The third kappa shape index (κ3) is 10.3. The van der Waals surface area contributed by atoms with E-state index in [0.717, 1.165) is 24.8 Å². The van der Waals surface area contributed by atoms with E-state index in [9.17, 15) is 23.6 Å². The second kappa shape index (κ2) is 16.3. The summed E-state index contributed by atoms with van der Waals surface area (Å²) in [6, 6.07) is 4.37. The average Bonchev–Trinajstić information content (AvgIpc) is 3.74. The number of nitrogens with one attached hydrogen (secondary N) is 1. The van der Waals surface area contributed by atoms with Gasteiger partial charge < -0.3 is 29.2 Å². The van der Waals surface area contributed by atoms with Crippen LogP contribution in [0.2, 0.25) is 0 Å². The monoisotopic (exact) mass is 698 g/mol. The molecule has 2 aliphatic heterocycles. The third-order valence-corrected chi connectivity index (χ3v) is 9.44. The van der Waals surface area contributed by atoms with Gasteiger partial charge in [0.1, 0.15) is 29.2 Å². The van der Waals surface area contributed by atoms with Gasteiger partial charge >= 0.3 is 6.09 Å². The molecule has 2 fully saturated rings. The first-order valence-corrected chi connectivity index (χ1v) is 17.7. The number of imidazole rings is 1. The van der Waals surface area contributed by atoms with E-state index < -0.39 is 35.1 Å². The maximum absolute atomic E-state index is 14.3. The molecule has 0 saturated carbocycles. The Hall–Kier alpha value is -4.00. The first-order valence-electron chi connectivity index (χ1n) is 17.7. The Balaban J connectivity index is 1.51. The molecule has 2 aliphatic rings. The fourth-order valence-electron chi connectivity index (χ4n) is 6.30. The molecule has 1 aromatic carbocycles. The van der Waals surface area contributed by atoms with Crippen molar-refractivity contribution in [2.24, 2.45) is 5.41 Å². The van der Waals surface area contributed by atoms with Gasteiger partial charge in [0.25, 0.3) is 5.91 Å². The number of rotatable bonds is 11. The summed E-state index contributed by atoms with van der Waals surface area (Å²) in [5, 5.41) is 2.93. The van der Waals surface area contributed by atoms with Gasteiger partial charge in [-0.15, -0.1) is 0 Å². The van der Waals surface area contributed by atoms with Crippen molar-refractivity contribution in [2.45, 2.75) is 110 Å². The lowest BCUT2D eigenvalue weighted by molar-refractivity contribution is -0.141. The highest BCUT2D eigenvalue weighted by Crippen LogP contribution is 2.27. The molecule has 13 heteroatoms. The van der Waals surface area contributed by atoms with Crippen LogP contribution in [0.1, 0.15) is 96.2 Å². The van der Waals surface area contributed by atoms with Crippen molar-refractivity contribution in [3.8, 4) is 0 Å². The van der Waals surface area contributed by atoms with Gasteiger partial charge in [0.05, 0.1) is 6.33 Å². The lowest BCUT2D eigenvalue weighted by Crippen LogP contribution is -2.59. The SMILES string of the molecule is C[C@@H](C(=O)N[C@H](C(=O)N1CCC[C@H]1CN(CCc1ccc(F)cc1)C(=O)c1cn(C2CCOCC2)cn1)C(C)(C)C)N(C)C(=O)OC(C)(C)C. The molecule has 4 rings (SSSR count). The van der Waals surface area contributed by atoms with Crippen LogP contribution in [-0.2, 0) is 25.5 Å². The number of aromatic nitrogens is 2. The minimum Gasteiger partial charge on any atom is -0.444 e. The van der Waals surface area contributed by atoms with Gasteiger partial charge in [-0.25, -0.2) is 14.2 Å². The summed E-state index contributed by atoms with van der Waals surface area (Å²) in [4.78, 5) is 63.7. The fraction of sp³-hybridized carbons (Fsp3) is 0.649. The number of halogens is 1. The van der Waals surface area contributed by atoms with E-state index in [1.54, 1.807) is 62.2 Å². The van der Waals surface area contributed by atoms with Crippen LogP contribution in [0.15, 0.2) is 36.8 Å². The summed E-state index contributed by atoms with van der Waals surface area (Å²) in [6.45, 7) is 14.9.